The van der Waals surface area contributed by atoms with Gasteiger partial charge in [0.25, 0.3) is 0 Å². The highest BCUT2D eigenvalue weighted by molar-refractivity contribution is 5.92. The zero-order valence-electron chi connectivity index (χ0n) is 11.8. The molecule has 2 aromatic rings. The molecule has 0 atom stereocenters. The molecule has 2 rings (SSSR count). The second-order valence-electron chi connectivity index (χ2n) is 4.86. The maximum absolute atomic E-state index is 13.5. The lowest BCUT2D eigenvalue weighted by molar-refractivity contribution is 0.0722. The van der Waals surface area contributed by atoms with Crippen molar-refractivity contribution in [3.05, 3.63) is 64.0 Å². The Hall–Kier alpha value is -2.30. The fourth-order valence-corrected chi connectivity index (χ4v) is 2.21. The van der Waals surface area contributed by atoms with Gasteiger partial charge >= 0.3 is 5.97 Å². The molecule has 21 heavy (non-hydrogen) atoms. The van der Waals surface area contributed by atoms with Gasteiger partial charge < -0.3 is 4.74 Å². The molecule has 2 nitrogen and oxygen atoms in total. The highest BCUT2D eigenvalue weighted by Crippen LogP contribution is 2.26. The molecule has 0 aliphatic rings. The predicted octanol–water partition coefficient (Wildman–Crippen LogP) is 4.25. The van der Waals surface area contributed by atoms with E-state index in [0.717, 1.165) is 5.56 Å². The number of benzene rings is 2. The molecule has 110 valence electrons. The summed E-state index contributed by atoms with van der Waals surface area (Å²) in [5.74, 6) is -4.63. The molecule has 0 aromatic heterocycles. The average molecular weight is 294 g/mol. The molecule has 0 fully saturated rings. The molecule has 0 aliphatic carbocycles. The first-order chi connectivity index (χ1) is 9.79. The summed E-state index contributed by atoms with van der Waals surface area (Å²) >= 11 is 0. The van der Waals surface area contributed by atoms with Gasteiger partial charge in [0.05, 0.1) is 0 Å². The minimum Gasteiger partial charge on any atom is -0.422 e. The molecule has 5 heteroatoms. The van der Waals surface area contributed by atoms with Gasteiger partial charge in [0.15, 0.2) is 0 Å². The molecule has 0 unspecified atom stereocenters. The normalized spacial score (nSPS) is 10.6. The van der Waals surface area contributed by atoms with Gasteiger partial charge in [-0.1, -0.05) is 17.7 Å². The van der Waals surface area contributed by atoms with Gasteiger partial charge in [0, 0.05) is 12.1 Å². The van der Waals surface area contributed by atoms with Crippen molar-refractivity contribution in [2.75, 3.05) is 0 Å². The van der Waals surface area contributed by atoms with E-state index in [2.05, 4.69) is 0 Å². The van der Waals surface area contributed by atoms with Crippen LogP contribution in [0.4, 0.5) is 13.2 Å². The second kappa shape index (κ2) is 5.60. The van der Waals surface area contributed by atoms with Gasteiger partial charge in [-0.3, -0.25) is 0 Å². The summed E-state index contributed by atoms with van der Waals surface area (Å²) in [6, 6.07) is 4.45. The number of ether oxygens (including phenoxy) is 1. The number of esters is 1. The number of carbonyl (C=O) groups excluding carboxylic acids is 1. The second-order valence-corrected chi connectivity index (χ2v) is 4.86. The smallest absolute Gasteiger partial charge is 0.349 e. The van der Waals surface area contributed by atoms with E-state index in [0.29, 0.717) is 23.3 Å². The summed E-state index contributed by atoms with van der Waals surface area (Å²) in [7, 11) is 0. The van der Waals surface area contributed by atoms with Crippen molar-refractivity contribution in [2.45, 2.75) is 20.8 Å². The van der Waals surface area contributed by atoms with Crippen molar-refractivity contribution in [3.63, 3.8) is 0 Å². The van der Waals surface area contributed by atoms with Crippen LogP contribution in [0, 0.1) is 38.2 Å². The van der Waals surface area contributed by atoms with Gasteiger partial charge in [-0.05, 0) is 31.9 Å². The molecule has 0 aliphatic heterocycles. The zero-order chi connectivity index (χ0) is 15.7. The molecular formula is C16H13F3O2. The number of halogens is 3. The van der Waals surface area contributed by atoms with Crippen LogP contribution in [-0.4, -0.2) is 5.97 Å². The molecule has 0 radical (unpaired) electrons. The largest absolute Gasteiger partial charge is 0.422 e. The highest BCUT2D eigenvalue weighted by Gasteiger charge is 2.22. The van der Waals surface area contributed by atoms with Crippen molar-refractivity contribution >= 4 is 5.97 Å². The van der Waals surface area contributed by atoms with Crippen LogP contribution >= 0.6 is 0 Å². The van der Waals surface area contributed by atoms with Crippen molar-refractivity contribution in [3.8, 4) is 5.75 Å². The lowest BCUT2D eigenvalue weighted by Crippen LogP contribution is -2.15. The number of carbonyl (C=O) groups is 1. The van der Waals surface area contributed by atoms with Crippen LogP contribution in [-0.2, 0) is 0 Å². The molecule has 0 saturated heterocycles. The zero-order valence-corrected chi connectivity index (χ0v) is 11.8. The van der Waals surface area contributed by atoms with Gasteiger partial charge in [0.1, 0.15) is 28.8 Å². The molecule has 0 bridgehead atoms. The summed E-state index contributed by atoms with van der Waals surface area (Å²) in [6.45, 7) is 5.32. The summed E-state index contributed by atoms with van der Waals surface area (Å²) in [5, 5.41) is 0. The summed E-state index contributed by atoms with van der Waals surface area (Å²) in [4.78, 5) is 11.9. The lowest BCUT2D eigenvalue weighted by atomic mass is 10.1. The minimum atomic E-state index is -1.29. The van der Waals surface area contributed by atoms with E-state index in [4.69, 9.17) is 4.74 Å². The SMILES string of the molecule is Cc1cc(C)c(OC(=O)c2c(F)cc(F)cc2F)c(C)c1. The van der Waals surface area contributed by atoms with Gasteiger partial charge in [-0.2, -0.15) is 0 Å². The van der Waals surface area contributed by atoms with E-state index in [1.807, 2.05) is 6.92 Å². The average Bonchev–Trinajstić information content (AvgIpc) is 2.32. The fraction of sp³-hybridized carbons (Fsp3) is 0.188. The Morgan fingerprint density at radius 1 is 0.905 bits per heavy atom. The third-order valence-electron chi connectivity index (χ3n) is 3.01. The molecule has 0 heterocycles. The van der Waals surface area contributed by atoms with Crippen LogP contribution in [0.15, 0.2) is 24.3 Å². The van der Waals surface area contributed by atoms with Crippen molar-refractivity contribution in [2.24, 2.45) is 0 Å². The summed E-state index contributed by atoms with van der Waals surface area (Å²) in [5.41, 5.74) is 1.41. The van der Waals surface area contributed by atoms with Crippen LogP contribution in [0.1, 0.15) is 27.0 Å². The van der Waals surface area contributed by atoms with Crippen LogP contribution in [0.3, 0.4) is 0 Å². The monoisotopic (exact) mass is 294 g/mol. The lowest BCUT2D eigenvalue weighted by Gasteiger charge is -2.12. The molecular weight excluding hydrogens is 281 g/mol. The third-order valence-corrected chi connectivity index (χ3v) is 3.01. The third kappa shape index (κ3) is 3.07. The molecule has 0 spiro atoms. The first kappa shape index (κ1) is 15.1. The van der Waals surface area contributed by atoms with Gasteiger partial charge in [-0.15, -0.1) is 0 Å². The van der Waals surface area contributed by atoms with Crippen LogP contribution in [0.25, 0.3) is 0 Å². The molecule has 0 saturated carbocycles. The van der Waals surface area contributed by atoms with Crippen LogP contribution < -0.4 is 4.74 Å². The van der Waals surface area contributed by atoms with Crippen molar-refractivity contribution < 1.29 is 22.7 Å². The van der Waals surface area contributed by atoms with E-state index >= 15 is 0 Å². The number of aryl methyl sites for hydroxylation is 3. The van der Waals surface area contributed by atoms with Crippen LogP contribution in [0.5, 0.6) is 5.75 Å². The minimum absolute atomic E-state index is 0.244. The maximum Gasteiger partial charge on any atom is 0.349 e. The van der Waals surface area contributed by atoms with Crippen LogP contribution in [0.2, 0.25) is 0 Å². The molecule has 0 N–H and O–H groups in total. The van der Waals surface area contributed by atoms with Crippen molar-refractivity contribution in [1.29, 1.82) is 0 Å². The quantitative estimate of drug-likeness (QED) is 0.611. The van der Waals surface area contributed by atoms with E-state index in [-0.39, 0.29) is 5.75 Å². The van der Waals surface area contributed by atoms with Gasteiger partial charge in [0.2, 0.25) is 0 Å². The summed E-state index contributed by atoms with van der Waals surface area (Å²) in [6.07, 6.45) is 0. The Morgan fingerprint density at radius 3 is 1.86 bits per heavy atom. The highest BCUT2D eigenvalue weighted by atomic mass is 19.1. The van der Waals surface area contributed by atoms with E-state index < -0.39 is 29.0 Å². The topological polar surface area (TPSA) is 26.3 Å². The Morgan fingerprint density at radius 2 is 1.38 bits per heavy atom. The van der Waals surface area contributed by atoms with E-state index in [9.17, 15) is 18.0 Å². The Balaban J connectivity index is 2.40. The van der Waals surface area contributed by atoms with E-state index in [1.54, 1.807) is 26.0 Å². The number of hydrogen-bond acceptors (Lipinski definition) is 2. The number of rotatable bonds is 2. The van der Waals surface area contributed by atoms with E-state index in [1.165, 1.54) is 0 Å². The standard InChI is InChI=1S/C16H13F3O2/c1-8-4-9(2)15(10(3)5-8)21-16(20)14-12(18)6-11(17)7-13(14)19/h4-7H,1-3H3. The van der Waals surface area contributed by atoms with Gasteiger partial charge in [-0.25, -0.2) is 18.0 Å². The molecule has 0 amide bonds. The Kier molecular flexibility index (Phi) is 4.02. The first-order valence-corrected chi connectivity index (χ1v) is 6.24. The Bertz CT molecular complexity index is 677. The molecule has 2 aromatic carbocycles. The van der Waals surface area contributed by atoms with Crippen molar-refractivity contribution in [1.82, 2.24) is 0 Å². The first-order valence-electron chi connectivity index (χ1n) is 6.24. The maximum atomic E-state index is 13.5. The fourth-order valence-electron chi connectivity index (χ4n) is 2.21. The Labute approximate surface area is 120 Å². The predicted molar refractivity (Wildman–Crippen MR) is 71.9 cm³/mol. The summed E-state index contributed by atoms with van der Waals surface area (Å²) < 4.78 is 45.0. The number of hydrogen-bond donors (Lipinski definition) is 0.